The lowest BCUT2D eigenvalue weighted by atomic mass is 10.0. The molecule has 3 heteroatoms. The van der Waals surface area contributed by atoms with Gasteiger partial charge in [0.15, 0.2) is 8.07 Å². The summed E-state index contributed by atoms with van der Waals surface area (Å²) in [5.41, 5.74) is 9.50. The highest BCUT2D eigenvalue weighted by Crippen LogP contribution is 2.40. The van der Waals surface area contributed by atoms with Gasteiger partial charge in [-0.3, -0.25) is 0 Å². The van der Waals surface area contributed by atoms with E-state index < -0.39 is 8.07 Å². The highest BCUT2D eigenvalue weighted by atomic mass is 28.3. The highest BCUT2D eigenvalue weighted by molar-refractivity contribution is 7.20. The van der Waals surface area contributed by atoms with Crippen molar-refractivity contribution in [2.24, 2.45) is 0 Å². The summed E-state index contributed by atoms with van der Waals surface area (Å²) in [4.78, 5) is 0. The molecule has 0 N–H and O–H groups in total. The summed E-state index contributed by atoms with van der Waals surface area (Å²) in [5.74, 6) is 0. The van der Waals surface area contributed by atoms with Gasteiger partial charge in [0.05, 0.1) is 27.8 Å². The third-order valence-electron chi connectivity index (χ3n) is 11.9. The Kier molecular flexibility index (Phi) is 7.87. The molecule has 57 heavy (non-hydrogen) atoms. The van der Waals surface area contributed by atoms with Gasteiger partial charge >= 0.3 is 0 Å². The standard InChI is InChI=1S/C54H38N2Si/c1-6-19-39(20-7-1)40-33-35-51-48(37-40)49-38-45(57(42-23-10-3-11-24-42,43-25-12-4-13-26-43)44-27-14-5-15-28-44)34-36-52(49)56(51)53-32-18-30-47-46-29-16-17-31-50(46)55(54(47)53)41-21-8-2-9-22-41/h1-38H. The second-order valence-corrected chi connectivity index (χ2v) is 18.7. The molecular formula is C54H38N2Si. The topological polar surface area (TPSA) is 9.86 Å². The van der Waals surface area contributed by atoms with Gasteiger partial charge in [0.25, 0.3) is 0 Å². The lowest BCUT2D eigenvalue weighted by molar-refractivity contribution is 1.13. The SMILES string of the molecule is c1ccc(-c2ccc3c(c2)c2cc([Si](c4ccccc4)(c4ccccc4)c4ccccc4)ccc2n3-c2cccc3c4ccccc4n(-c4ccccc4)c23)cc1. The first-order chi connectivity index (χ1) is 28.3. The van der Waals surface area contributed by atoms with Crippen LogP contribution in [0.15, 0.2) is 231 Å². The first kappa shape index (κ1) is 33.2. The van der Waals surface area contributed by atoms with Crippen LogP contribution in [0.2, 0.25) is 0 Å². The summed E-state index contributed by atoms with van der Waals surface area (Å²) in [7, 11) is -2.78. The maximum atomic E-state index is 2.54. The average Bonchev–Trinajstić information content (AvgIpc) is 3.81. The molecule has 0 amide bonds. The van der Waals surface area contributed by atoms with Crippen molar-refractivity contribution in [3.63, 3.8) is 0 Å². The van der Waals surface area contributed by atoms with E-state index in [2.05, 4.69) is 240 Å². The van der Waals surface area contributed by atoms with Crippen LogP contribution in [0.3, 0.4) is 0 Å². The van der Waals surface area contributed by atoms with Gasteiger partial charge in [-0.05, 0) is 74.3 Å². The Balaban J connectivity index is 1.28. The molecule has 0 fully saturated rings. The van der Waals surface area contributed by atoms with Crippen molar-refractivity contribution in [2.45, 2.75) is 0 Å². The predicted molar refractivity (Wildman–Crippen MR) is 244 cm³/mol. The fourth-order valence-electron chi connectivity index (χ4n) is 9.42. The molecule has 2 heterocycles. The molecule has 0 aliphatic heterocycles. The smallest absolute Gasteiger partial charge is 0.179 e. The first-order valence-electron chi connectivity index (χ1n) is 19.7. The predicted octanol–water partition coefficient (Wildman–Crippen LogP) is 10.9. The molecule has 0 bridgehead atoms. The largest absolute Gasteiger partial charge is 0.307 e. The van der Waals surface area contributed by atoms with Crippen molar-refractivity contribution in [2.75, 3.05) is 0 Å². The molecule has 11 rings (SSSR count). The fourth-order valence-corrected chi connectivity index (χ4v) is 14.2. The van der Waals surface area contributed by atoms with Gasteiger partial charge in [0, 0.05) is 27.2 Å². The van der Waals surface area contributed by atoms with Gasteiger partial charge in [-0.1, -0.05) is 188 Å². The summed E-state index contributed by atoms with van der Waals surface area (Å²) in [6, 6.07) is 85.2. The number of hydrogen-bond acceptors (Lipinski definition) is 0. The number of para-hydroxylation sites is 3. The van der Waals surface area contributed by atoms with Crippen LogP contribution in [0.1, 0.15) is 0 Å². The Hall–Kier alpha value is -7.20. The van der Waals surface area contributed by atoms with E-state index >= 15 is 0 Å². The van der Waals surface area contributed by atoms with E-state index in [4.69, 9.17) is 0 Å². The molecule has 0 saturated carbocycles. The zero-order valence-electron chi connectivity index (χ0n) is 31.3. The molecule has 9 aromatic carbocycles. The van der Waals surface area contributed by atoms with E-state index in [0.29, 0.717) is 0 Å². The minimum absolute atomic E-state index is 1.15. The molecule has 0 radical (unpaired) electrons. The Morgan fingerprint density at radius 3 is 1.40 bits per heavy atom. The van der Waals surface area contributed by atoms with Crippen LogP contribution in [-0.2, 0) is 0 Å². The van der Waals surface area contributed by atoms with E-state index in [9.17, 15) is 0 Å². The molecule has 0 saturated heterocycles. The number of rotatable bonds is 7. The zero-order chi connectivity index (χ0) is 37.8. The van der Waals surface area contributed by atoms with Crippen LogP contribution in [0, 0.1) is 0 Å². The fraction of sp³-hybridized carbons (Fsp3) is 0. The quantitative estimate of drug-likeness (QED) is 0.114. The van der Waals surface area contributed by atoms with E-state index in [1.807, 2.05) is 0 Å². The Bertz CT molecular complexity index is 3110. The summed E-state index contributed by atoms with van der Waals surface area (Å²) in [5, 5.41) is 10.4. The molecule has 0 atom stereocenters. The van der Waals surface area contributed by atoms with Gasteiger partial charge in [0.2, 0.25) is 0 Å². The molecule has 268 valence electrons. The lowest BCUT2D eigenvalue weighted by Gasteiger charge is -2.34. The second kappa shape index (κ2) is 13.5. The van der Waals surface area contributed by atoms with Gasteiger partial charge in [-0.25, -0.2) is 0 Å². The zero-order valence-corrected chi connectivity index (χ0v) is 32.3. The Morgan fingerprint density at radius 1 is 0.281 bits per heavy atom. The third kappa shape index (κ3) is 5.17. The monoisotopic (exact) mass is 742 g/mol. The Morgan fingerprint density at radius 2 is 0.772 bits per heavy atom. The van der Waals surface area contributed by atoms with Crippen molar-refractivity contribution in [1.82, 2.24) is 9.13 Å². The number of benzene rings is 9. The van der Waals surface area contributed by atoms with Crippen LogP contribution in [0.5, 0.6) is 0 Å². The maximum absolute atomic E-state index is 2.78. The second-order valence-electron chi connectivity index (χ2n) is 14.9. The van der Waals surface area contributed by atoms with Gasteiger partial charge < -0.3 is 9.13 Å². The summed E-state index contributed by atoms with van der Waals surface area (Å²) in [6.45, 7) is 0. The van der Waals surface area contributed by atoms with Crippen molar-refractivity contribution in [3.05, 3.63) is 231 Å². The molecule has 0 aliphatic carbocycles. The van der Waals surface area contributed by atoms with E-state index in [1.54, 1.807) is 0 Å². The van der Waals surface area contributed by atoms with Gasteiger partial charge in [-0.15, -0.1) is 0 Å². The number of aromatic nitrogens is 2. The summed E-state index contributed by atoms with van der Waals surface area (Å²) >= 11 is 0. The van der Waals surface area contributed by atoms with Crippen LogP contribution in [-0.4, -0.2) is 17.2 Å². The van der Waals surface area contributed by atoms with E-state index in [-0.39, 0.29) is 0 Å². The van der Waals surface area contributed by atoms with Gasteiger partial charge in [0.1, 0.15) is 0 Å². The van der Waals surface area contributed by atoms with Crippen LogP contribution >= 0.6 is 0 Å². The minimum atomic E-state index is -2.78. The molecule has 0 spiro atoms. The highest BCUT2D eigenvalue weighted by Gasteiger charge is 2.41. The van der Waals surface area contributed by atoms with Crippen molar-refractivity contribution in [3.8, 4) is 22.5 Å². The number of nitrogens with zero attached hydrogens (tertiary/aromatic N) is 2. The molecule has 0 aliphatic rings. The lowest BCUT2D eigenvalue weighted by Crippen LogP contribution is -2.74. The van der Waals surface area contributed by atoms with Crippen LogP contribution < -0.4 is 20.7 Å². The summed E-state index contributed by atoms with van der Waals surface area (Å²) < 4.78 is 4.96. The van der Waals surface area contributed by atoms with Crippen LogP contribution in [0.4, 0.5) is 0 Å². The molecule has 11 aromatic rings. The summed E-state index contributed by atoms with van der Waals surface area (Å²) in [6.07, 6.45) is 0. The third-order valence-corrected chi connectivity index (χ3v) is 16.6. The minimum Gasteiger partial charge on any atom is -0.307 e. The molecular weight excluding hydrogens is 705 g/mol. The molecule has 2 aromatic heterocycles. The number of hydrogen-bond donors (Lipinski definition) is 0. The first-order valence-corrected chi connectivity index (χ1v) is 21.7. The molecule has 0 unspecified atom stereocenters. The van der Waals surface area contributed by atoms with E-state index in [0.717, 1.165) is 11.4 Å². The van der Waals surface area contributed by atoms with Crippen molar-refractivity contribution < 1.29 is 0 Å². The van der Waals surface area contributed by atoms with E-state index in [1.165, 1.54) is 75.5 Å². The average molecular weight is 743 g/mol. The van der Waals surface area contributed by atoms with Gasteiger partial charge in [-0.2, -0.15) is 0 Å². The van der Waals surface area contributed by atoms with Crippen LogP contribution in [0.25, 0.3) is 66.1 Å². The van der Waals surface area contributed by atoms with Crippen molar-refractivity contribution >= 4 is 72.4 Å². The molecule has 2 nitrogen and oxygen atoms in total. The number of fused-ring (bicyclic) bond motifs is 6. The van der Waals surface area contributed by atoms with Crippen molar-refractivity contribution in [1.29, 1.82) is 0 Å². The normalized spacial score (nSPS) is 11.9. The maximum Gasteiger partial charge on any atom is 0.179 e. The Labute approximate surface area is 333 Å².